The van der Waals surface area contributed by atoms with Gasteiger partial charge in [-0.1, -0.05) is 0 Å². The molecule has 0 aromatic carbocycles. The zero-order valence-electron chi connectivity index (χ0n) is 12.1. The van der Waals surface area contributed by atoms with E-state index in [0.29, 0.717) is 0 Å². The van der Waals surface area contributed by atoms with E-state index in [0.717, 1.165) is 38.3 Å². The third-order valence-corrected chi connectivity index (χ3v) is 3.27. The fourth-order valence-electron chi connectivity index (χ4n) is 2.25. The molecule has 0 spiro atoms. The van der Waals surface area contributed by atoms with Crippen LogP contribution in [0.15, 0.2) is 18.6 Å². The van der Waals surface area contributed by atoms with Crippen LogP contribution in [0.1, 0.15) is 30.4 Å². The van der Waals surface area contributed by atoms with Crippen molar-refractivity contribution in [3.05, 3.63) is 35.7 Å². The van der Waals surface area contributed by atoms with Crippen LogP contribution in [0, 0.1) is 13.8 Å². The number of rotatable bonds is 7. The predicted octanol–water partition coefficient (Wildman–Crippen LogP) is 1.90. The minimum Gasteiger partial charge on any atom is -0.334 e. The Hall–Kier alpha value is -1.62. The van der Waals surface area contributed by atoms with Crippen LogP contribution < -0.4 is 5.32 Å². The minimum absolute atomic E-state index is 0.880. The summed E-state index contributed by atoms with van der Waals surface area (Å²) in [6, 6.07) is 2.12. The molecule has 1 N–H and O–H groups in total. The normalized spacial score (nSPS) is 11.1. The van der Waals surface area contributed by atoms with Crippen molar-refractivity contribution < 1.29 is 0 Å². The van der Waals surface area contributed by atoms with Gasteiger partial charge in [-0.3, -0.25) is 4.68 Å². The van der Waals surface area contributed by atoms with Crippen LogP contribution in [0.2, 0.25) is 0 Å². The molecule has 19 heavy (non-hydrogen) atoms. The molecule has 2 aromatic heterocycles. The van der Waals surface area contributed by atoms with Gasteiger partial charge in [-0.05, 0) is 39.8 Å². The monoisotopic (exact) mass is 261 g/mol. The first-order valence-corrected chi connectivity index (χ1v) is 6.91. The molecule has 0 unspecified atom stereocenters. The molecule has 2 heterocycles. The van der Waals surface area contributed by atoms with E-state index >= 15 is 0 Å². The molecule has 0 amide bonds. The van der Waals surface area contributed by atoms with Gasteiger partial charge in [-0.15, -0.1) is 0 Å². The van der Waals surface area contributed by atoms with E-state index in [4.69, 9.17) is 0 Å². The number of hydrogen-bond acceptors (Lipinski definition) is 3. The Bertz CT molecular complexity index is 512. The summed E-state index contributed by atoms with van der Waals surface area (Å²) in [5.41, 5.74) is 3.58. The summed E-state index contributed by atoms with van der Waals surface area (Å²) in [5.74, 6) is 0. The van der Waals surface area contributed by atoms with E-state index in [-0.39, 0.29) is 0 Å². The third-order valence-electron chi connectivity index (χ3n) is 3.27. The van der Waals surface area contributed by atoms with Crippen molar-refractivity contribution in [1.29, 1.82) is 0 Å². The molecule has 0 aliphatic rings. The minimum atomic E-state index is 0.880. The van der Waals surface area contributed by atoms with Crippen LogP contribution in [-0.4, -0.2) is 25.9 Å². The van der Waals surface area contributed by atoms with Gasteiger partial charge in [-0.2, -0.15) is 5.10 Å². The summed E-state index contributed by atoms with van der Waals surface area (Å²) in [6.45, 7) is 10.1. The predicted molar refractivity (Wildman–Crippen MR) is 75.9 cm³/mol. The first-order valence-electron chi connectivity index (χ1n) is 6.91. The summed E-state index contributed by atoms with van der Waals surface area (Å²) in [7, 11) is 0. The molecule has 0 aliphatic heterocycles. The molecule has 5 heteroatoms. The topological polar surface area (TPSA) is 47.7 Å². The average Bonchev–Trinajstić information content (AvgIpc) is 2.95. The first kappa shape index (κ1) is 13.8. The molecular weight excluding hydrogens is 238 g/mol. The molecular formula is C14H23N5. The van der Waals surface area contributed by atoms with Crippen molar-refractivity contribution in [3.8, 4) is 0 Å². The van der Waals surface area contributed by atoms with Gasteiger partial charge in [0, 0.05) is 31.5 Å². The lowest BCUT2D eigenvalue weighted by molar-refractivity contribution is 0.525. The van der Waals surface area contributed by atoms with Crippen molar-refractivity contribution >= 4 is 0 Å². The van der Waals surface area contributed by atoms with Gasteiger partial charge in [0.1, 0.15) is 0 Å². The van der Waals surface area contributed by atoms with E-state index in [1.54, 1.807) is 0 Å². The van der Waals surface area contributed by atoms with Gasteiger partial charge in [0.15, 0.2) is 0 Å². The Balaban J connectivity index is 1.69. The van der Waals surface area contributed by atoms with Crippen molar-refractivity contribution in [2.75, 3.05) is 6.54 Å². The number of imidazole rings is 1. The zero-order chi connectivity index (χ0) is 13.7. The Morgan fingerprint density at radius 1 is 1.32 bits per heavy atom. The second-order valence-electron chi connectivity index (χ2n) is 4.85. The molecule has 0 saturated heterocycles. The van der Waals surface area contributed by atoms with Gasteiger partial charge in [0.05, 0.1) is 17.7 Å². The van der Waals surface area contributed by atoms with Crippen LogP contribution in [0.25, 0.3) is 0 Å². The molecule has 2 rings (SSSR count). The molecule has 104 valence electrons. The van der Waals surface area contributed by atoms with Crippen molar-refractivity contribution in [2.24, 2.45) is 0 Å². The quantitative estimate of drug-likeness (QED) is 0.774. The maximum atomic E-state index is 4.46. The highest BCUT2D eigenvalue weighted by Crippen LogP contribution is 2.02. The summed E-state index contributed by atoms with van der Waals surface area (Å²) in [6.07, 6.45) is 4.90. The lowest BCUT2D eigenvalue weighted by atomic mass is 10.3. The Morgan fingerprint density at radius 2 is 2.16 bits per heavy atom. The summed E-state index contributed by atoms with van der Waals surface area (Å²) >= 11 is 0. The molecule has 2 aromatic rings. The van der Waals surface area contributed by atoms with Crippen molar-refractivity contribution in [3.63, 3.8) is 0 Å². The molecule has 0 fully saturated rings. The van der Waals surface area contributed by atoms with Gasteiger partial charge in [0.25, 0.3) is 0 Å². The Kier molecular flexibility index (Phi) is 4.74. The fraction of sp³-hybridized carbons (Fsp3) is 0.571. The summed E-state index contributed by atoms with van der Waals surface area (Å²) < 4.78 is 4.24. The first-order chi connectivity index (χ1) is 9.20. The largest absolute Gasteiger partial charge is 0.334 e. The molecule has 0 aliphatic carbocycles. The molecule has 5 nitrogen and oxygen atoms in total. The number of hydrogen-bond donors (Lipinski definition) is 1. The molecule has 0 atom stereocenters. The fourth-order valence-corrected chi connectivity index (χ4v) is 2.25. The van der Waals surface area contributed by atoms with E-state index < -0.39 is 0 Å². The molecule has 0 bridgehead atoms. The molecule has 0 saturated carbocycles. The van der Waals surface area contributed by atoms with Gasteiger partial charge >= 0.3 is 0 Å². The lowest BCUT2D eigenvalue weighted by Gasteiger charge is -2.08. The number of nitrogens with one attached hydrogen (secondary N) is 1. The second-order valence-corrected chi connectivity index (χ2v) is 4.85. The number of nitrogens with zero attached hydrogens (tertiary/aromatic N) is 4. The Labute approximate surface area is 114 Å². The standard InChI is InChI=1S/C14H23N5/c1-4-18-11-16-10-14(18)9-15-6-5-7-19-13(3)8-12(2)17-19/h8,10-11,15H,4-7,9H2,1-3H3. The maximum absolute atomic E-state index is 4.46. The van der Waals surface area contributed by atoms with Crippen LogP contribution in [0.3, 0.4) is 0 Å². The van der Waals surface area contributed by atoms with E-state index in [9.17, 15) is 0 Å². The summed E-state index contributed by atoms with van der Waals surface area (Å²) in [4.78, 5) is 4.16. The number of aryl methyl sites for hydroxylation is 4. The highest BCUT2D eigenvalue weighted by atomic mass is 15.3. The van der Waals surface area contributed by atoms with Gasteiger partial charge < -0.3 is 9.88 Å². The Morgan fingerprint density at radius 3 is 2.84 bits per heavy atom. The highest BCUT2D eigenvalue weighted by Gasteiger charge is 2.01. The van der Waals surface area contributed by atoms with Crippen molar-refractivity contribution in [1.82, 2.24) is 24.6 Å². The van der Waals surface area contributed by atoms with Crippen LogP contribution in [0.4, 0.5) is 0 Å². The van der Waals surface area contributed by atoms with Crippen LogP contribution in [0.5, 0.6) is 0 Å². The number of aromatic nitrogens is 4. The van der Waals surface area contributed by atoms with Crippen LogP contribution >= 0.6 is 0 Å². The summed E-state index contributed by atoms with van der Waals surface area (Å²) in [5, 5.41) is 7.92. The van der Waals surface area contributed by atoms with E-state index in [1.807, 2.05) is 19.4 Å². The maximum Gasteiger partial charge on any atom is 0.0948 e. The zero-order valence-corrected chi connectivity index (χ0v) is 12.1. The van der Waals surface area contributed by atoms with Crippen molar-refractivity contribution in [2.45, 2.75) is 46.8 Å². The average molecular weight is 261 g/mol. The lowest BCUT2D eigenvalue weighted by Crippen LogP contribution is -2.19. The van der Waals surface area contributed by atoms with Crippen LogP contribution in [-0.2, 0) is 19.6 Å². The van der Waals surface area contributed by atoms with Gasteiger partial charge in [-0.25, -0.2) is 4.98 Å². The third kappa shape index (κ3) is 3.67. The van der Waals surface area contributed by atoms with E-state index in [1.165, 1.54) is 11.4 Å². The van der Waals surface area contributed by atoms with E-state index in [2.05, 4.69) is 44.6 Å². The smallest absolute Gasteiger partial charge is 0.0948 e. The second kappa shape index (κ2) is 6.52. The highest BCUT2D eigenvalue weighted by molar-refractivity contribution is 5.06. The SMILES string of the molecule is CCn1cncc1CNCCCn1nc(C)cc1C. The molecule has 0 radical (unpaired) electrons. The van der Waals surface area contributed by atoms with Gasteiger partial charge in [0.2, 0.25) is 0 Å².